The van der Waals surface area contributed by atoms with E-state index in [4.69, 9.17) is 4.63 Å². The molecule has 4 heterocycles. The highest BCUT2D eigenvalue weighted by Gasteiger charge is 2.31. The highest BCUT2D eigenvalue weighted by molar-refractivity contribution is 5.92. The van der Waals surface area contributed by atoms with E-state index in [0.29, 0.717) is 0 Å². The van der Waals surface area contributed by atoms with E-state index in [1.54, 1.807) is 0 Å². The number of hydrogen-bond acceptors (Lipinski definition) is 6. The fourth-order valence-corrected chi connectivity index (χ4v) is 4.54. The van der Waals surface area contributed by atoms with Crippen LogP contribution in [0.15, 0.2) is 22.8 Å². The van der Waals surface area contributed by atoms with Crippen molar-refractivity contribution in [2.45, 2.75) is 19.3 Å². The van der Waals surface area contributed by atoms with Gasteiger partial charge in [-0.1, -0.05) is 6.08 Å². The number of benzene rings is 1. The molecule has 3 aliphatic heterocycles. The Morgan fingerprint density at radius 1 is 1.12 bits per heavy atom. The number of aromatic nitrogens is 2. The number of hydrogen-bond donors (Lipinski definition) is 0. The molecule has 6 nitrogen and oxygen atoms in total. The second-order valence-electron chi connectivity index (χ2n) is 8.15. The van der Waals surface area contributed by atoms with E-state index in [2.05, 4.69) is 50.3 Å². The monoisotopic (exact) mass is 353 g/mol. The van der Waals surface area contributed by atoms with Gasteiger partial charge in [-0.3, -0.25) is 0 Å². The Kier molecular flexibility index (Phi) is 4.17. The molecule has 0 saturated carbocycles. The maximum atomic E-state index is 5.06. The van der Waals surface area contributed by atoms with Crippen molar-refractivity contribution in [2.75, 3.05) is 57.8 Å². The highest BCUT2D eigenvalue weighted by Crippen LogP contribution is 2.35. The molecule has 0 amide bonds. The predicted octanol–water partition coefficient (Wildman–Crippen LogP) is 2.47. The summed E-state index contributed by atoms with van der Waals surface area (Å²) in [5.74, 6) is 0.772. The molecule has 3 aliphatic rings. The zero-order chi connectivity index (χ0) is 17.5. The van der Waals surface area contributed by atoms with Gasteiger partial charge in [-0.05, 0) is 73.0 Å². The van der Waals surface area contributed by atoms with Crippen LogP contribution in [0.4, 0.5) is 5.69 Å². The summed E-state index contributed by atoms with van der Waals surface area (Å²) in [4.78, 5) is 7.42. The lowest BCUT2D eigenvalue weighted by Gasteiger charge is -2.42. The molecule has 1 aromatic heterocycles. The van der Waals surface area contributed by atoms with Crippen molar-refractivity contribution < 1.29 is 4.63 Å². The second kappa shape index (κ2) is 6.67. The Bertz CT molecular complexity index is 817. The van der Waals surface area contributed by atoms with Crippen LogP contribution in [0, 0.1) is 5.92 Å². The van der Waals surface area contributed by atoms with Crippen LogP contribution in [0.1, 0.15) is 24.8 Å². The third kappa shape index (κ3) is 3.01. The Morgan fingerprint density at radius 3 is 2.73 bits per heavy atom. The third-order valence-electron chi connectivity index (χ3n) is 6.14. The zero-order valence-corrected chi connectivity index (χ0v) is 15.5. The first-order valence-electron chi connectivity index (χ1n) is 9.88. The van der Waals surface area contributed by atoms with Gasteiger partial charge in [-0.15, -0.1) is 0 Å². The highest BCUT2D eigenvalue weighted by atomic mass is 16.6. The molecule has 0 radical (unpaired) electrons. The molecule has 2 fully saturated rings. The summed E-state index contributed by atoms with van der Waals surface area (Å²) in [5, 5.41) is 8.32. The van der Waals surface area contributed by atoms with E-state index in [0.717, 1.165) is 49.6 Å². The van der Waals surface area contributed by atoms with Crippen LogP contribution in [0.3, 0.4) is 0 Å². The Hall–Kier alpha value is -1.92. The summed E-state index contributed by atoms with van der Waals surface area (Å²) in [5.41, 5.74) is 5.67. The number of anilines is 1. The molecule has 0 atom stereocenters. The molecule has 5 rings (SSSR count). The largest absolute Gasteiger partial charge is 0.369 e. The minimum absolute atomic E-state index is 0.772. The summed E-state index contributed by atoms with van der Waals surface area (Å²) in [6.07, 6.45) is 6.17. The summed E-state index contributed by atoms with van der Waals surface area (Å²) in [7, 11) is 2.17. The maximum Gasteiger partial charge on any atom is 0.158 e. The first-order valence-corrected chi connectivity index (χ1v) is 9.88. The van der Waals surface area contributed by atoms with Crippen LogP contribution in [-0.2, 0) is 0 Å². The van der Waals surface area contributed by atoms with Crippen molar-refractivity contribution in [1.29, 1.82) is 0 Å². The van der Waals surface area contributed by atoms with Gasteiger partial charge in [0, 0.05) is 38.6 Å². The van der Waals surface area contributed by atoms with Crippen molar-refractivity contribution in [3.63, 3.8) is 0 Å². The number of likely N-dealkylation sites (tertiary alicyclic amines) is 1. The average molecular weight is 353 g/mol. The zero-order valence-electron chi connectivity index (χ0n) is 15.5. The van der Waals surface area contributed by atoms with Crippen LogP contribution >= 0.6 is 0 Å². The average Bonchev–Trinajstić information content (AvgIpc) is 3.29. The van der Waals surface area contributed by atoms with Crippen LogP contribution < -0.4 is 4.90 Å². The molecule has 2 aromatic rings. The molecule has 0 aliphatic carbocycles. The standard InChI is InChI=1S/C20H27N5O/c1-23-8-4-16(5-9-23)17-10-18-20(22-26-21-18)19(11-17)25-13-15(14-25)12-24-6-2-3-7-24/h4,10-11,15H,2-3,5-9,12-14H2,1H3. The Labute approximate surface area is 154 Å². The maximum absolute atomic E-state index is 5.06. The van der Waals surface area contributed by atoms with E-state index in [9.17, 15) is 0 Å². The normalized spacial score (nSPS) is 22.8. The van der Waals surface area contributed by atoms with Gasteiger partial charge in [0.2, 0.25) is 0 Å². The number of nitrogens with zero attached hydrogens (tertiary/aromatic N) is 5. The van der Waals surface area contributed by atoms with Gasteiger partial charge in [0.25, 0.3) is 0 Å². The van der Waals surface area contributed by atoms with Gasteiger partial charge in [0.05, 0.1) is 5.69 Å². The van der Waals surface area contributed by atoms with Gasteiger partial charge in [0.15, 0.2) is 5.52 Å². The molecule has 1 aromatic carbocycles. The van der Waals surface area contributed by atoms with Gasteiger partial charge < -0.3 is 14.7 Å². The molecular weight excluding hydrogens is 326 g/mol. The first kappa shape index (κ1) is 16.3. The van der Waals surface area contributed by atoms with E-state index >= 15 is 0 Å². The molecular formula is C20H27N5O. The fourth-order valence-electron chi connectivity index (χ4n) is 4.54. The van der Waals surface area contributed by atoms with Crippen LogP contribution in [0.5, 0.6) is 0 Å². The Morgan fingerprint density at radius 2 is 1.96 bits per heavy atom. The van der Waals surface area contributed by atoms with Crippen LogP contribution in [0.2, 0.25) is 0 Å². The van der Waals surface area contributed by atoms with Crippen LogP contribution in [0.25, 0.3) is 16.6 Å². The van der Waals surface area contributed by atoms with Gasteiger partial charge in [0.1, 0.15) is 5.52 Å². The van der Waals surface area contributed by atoms with Crippen molar-refractivity contribution >= 4 is 22.3 Å². The molecule has 0 unspecified atom stereocenters. The number of rotatable bonds is 4. The topological polar surface area (TPSA) is 48.6 Å². The number of fused-ring (bicyclic) bond motifs is 1. The van der Waals surface area contributed by atoms with Crippen LogP contribution in [-0.4, -0.2) is 73.0 Å². The lowest BCUT2D eigenvalue weighted by Crippen LogP contribution is -2.51. The molecule has 2 saturated heterocycles. The molecule has 138 valence electrons. The summed E-state index contributed by atoms with van der Waals surface area (Å²) >= 11 is 0. The quantitative estimate of drug-likeness (QED) is 0.842. The second-order valence-corrected chi connectivity index (χ2v) is 8.15. The fraction of sp³-hybridized carbons (Fsp3) is 0.600. The summed E-state index contributed by atoms with van der Waals surface area (Å²) < 4.78 is 5.06. The van der Waals surface area contributed by atoms with E-state index in [1.165, 1.54) is 49.3 Å². The lowest BCUT2D eigenvalue weighted by atomic mass is 9.95. The van der Waals surface area contributed by atoms with Gasteiger partial charge >= 0.3 is 0 Å². The molecule has 0 N–H and O–H groups in total. The first-order chi connectivity index (χ1) is 12.8. The van der Waals surface area contributed by atoms with E-state index in [1.807, 2.05) is 0 Å². The predicted molar refractivity (Wildman–Crippen MR) is 103 cm³/mol. The third-order valence-corrected chi connectivity index (χ3v) is 6.14. The minimum Gasteiger partial charge on any atom is -0.369 e. The SMILES string of the molecule is CN1CC=C(c2cc(N3CC(CN4CCCC4)C3)c3nonc3c2)CC1. The van der Waals surface area contributed by atoms with Crippen molar-refractivity contribution in [2.24, 2.45) is 5.92 Å². The van der Waals surface area contributed by atoms with E-state index < -0.39 is 0 Å². The lowest BCUT2D eigenvalue weighted by molar-refractivity contribution is 0.247. The molecule has 26 heavy (non-hydrogen) atoms. The molecule has 0 spiro atoms. The smallest absolute Gasteiger partial charge is 0.158 e. The van der Waals surface area contributed by atoms with Gasteiger partial charge in [-0.2, -0.15) is 0 Å². The number of likely N-dealkylation sites (N-methyl/N-ethyl adjacent to an activating group) is 1. The molecule has 6 heteroatoms. The van der Waals surface area contributed by atoms with E-state index in [-0.39, 0.29) is 0 Å². The van der Waals surface area contributed by atoms with Crippen molar-refractivity contribution in [1.82, 2.24) is 20.1 Å². The Balaban J connectivity index is 1.36. The van der Waals surface area contributed by atoms with Crippen molar-refractivity contribution in [3.05, 3.63) is 23.8 Å². The summed E-state index contributed by atoms with van der Waals surface area (Å²) in [6, 6.07) is 4.43. The molecule has 0 bridgehead atoms. The van der Waals surface area contributed by atoms with Crippen molar-refractivity contribution in [3.8, 4) is 0 Å². The van der Waals surface area contributed by atoms with Gasteiger partial charge in [-0.25, -0.2) is 4.63 Å². The minimum atomic E-state index is 0.772. The summed E-state index contributed by atoms with van der Waals surface area (Å²) in [6.45, 7) is 8.17.